The van der Waals surface area contributed by atoms with Gasteiger partial charge in [-0.3, -0.25) is 14.8 Å². The van der Waals surface area contributed by atoms with Gasteiger partial charge in [-0.2, -0.15) is 0 Å². The molecular formula is C23H16N4O2S. The number of rotatable bonds is 5. The van der Waals surface area contributed by atoms with E-state index < -0.39 is 0 Å². The summed E-state index contributed by atoms with van der Waals surface area (Å²) in [5.74, 6) is 0.453. The van der Waals surface area contributed by atoms with Crippen LogP contribution in [-0.4, -0.2) is 21.0 Å². The predicted octanol–water partition coefficient (Wildman–Crippen LogP) is 4.94. The van der Waals surface area contributed by atoms with Gasteiger partial charge in [0.2, 0.25) is 0 Å². The Bertz CT molecular complexity index is 1310. The Morgan fingerprint density at radius 3 is 2.70 bits per heavy atom. The second kappa shape index (κ2) is 7.88. The Morgan fingerprint density at radius 2 is 1.87 bits per heavy atom. The van der Waals surface area contributed by atoms with Gasteiger partial charge >= 0.3 is 0 Å². The third kappa shape index (κ3) is 3.46. The van der Waals surface area contributed by atoms with Crippen LogP contribution in [0.15, 0.2) is 83.0 Å². The van der Waals surface area contributed by atoms with E-state index in [0.29, 0.717) is 16.8 Å². The van der Waals surface area contributed by atoms with Gasteiger partial charge in [0, 0.05) is 23.5 Å². The molecule has 0 saturated carbocycles. The molecule has 0 aliphatic heterocycles. The Morgan fingerprint density at radius 1 is 1.00 bits per heavy atom. The second-order valence-corrected chi connectivity index (χ2v) is 7.57. The van der Waals surface area contributed by atoms with Crippen molar-refractivity contribution in [3.63, 3.8) is 0 Å². The fourth-order valence-corrected chi connectivity index (χ4v) is 4.00. The summed E-state index contributed by atoms with van der Waals surface area (Å²) < 4.78 is 5.52. The van der Waals surface area contributed by atoms with Crippen molar-refractivity contribution in [2.75, 3.05) is 0 Å². The summed E-state index contributed by atoms with van der Waals surface area (Å²) in [4.78, 5) is 22.7. The van der Waals surface area contributed by atoms with Gasteiger partial charge in [-0.05, 0) is 29.6 Å². The van der Waals surface area contributed by atoms with Crippen LogP contribution in [0.1, 0.15) is 16.1 Å². The maximum atomic E-state index is 12.8. The summed E-state index contributed by atoms with van der Waals surface area (Å²) in [7, 11) is 0. The SMILES string of the molecule is O=C(NCc1nccnc1-c1cccs1)c1ccc2noc(-c3ccccc3)c2c1. The fraction of sp³-hybridized carbons (Fsp3) is 0.0435. The normalized spacial score (nSPS) is 10.9. The highest BCUT2D eigenvalue weighted by Gasteiger charge is 2.15. The summed E-state index contributed by atoms with van der Waals surface area (Å²) in [5.41, 5.74) is 3.67. The lowest BCUT2D eigenvalue weighted by Gasteiger charge is -2.08. The molecule has 2 aromatic carbocycles. The van der Waals surface area contributed by atoms with E-state index in [0.717, 1.165) is 27.2 Å². The lowest BCUT2D eigenvalue weighted by molar-refractivity contribution is 0.0950. The standard InChI is InChI=1S/C23H16N4O2S/c28-23(26-14-19-21(25-11-10-24-19)20-7-4-12-30-20)16-8-9-18-17(13-16)22(29-27-18)15-5-2-1-3-6-15/h1-13H,14H2,(H,26,28). The number of hydrogen-bond acceptors (Lipinski definition) is 6. The van der Waals surface area contributed by atoms with Gasteiger partial charge in [0.05, 0.1) is 22.5 Å². The first-order chi connectivity index (χ1) is 14.8. The summed E-state index contributed by atoms with van der Waals surface area (Å²) in [5, 5.41) is 9.84. The number of amides is 1. The predicted molar refractivity (Wildman–Crippen MR) is 116 cm³/mol. The Hall–Kier alpha value is -3.84. The molecule has 0 aliphatic carbocycles. The highest BCUT2D eigenvalue weighted by Crippen LogP contribution is 2.29. The van der Waals surface area contributed by atoms with Gasteiger partial charge in [0.15, 0.2) is 5.76 Å². The Kier molecular flexibility index (Phi) is 4.78. The molecule has 5 rings (SSSR count). The van der Waals surface area contributed by atoms with E-state index in [1.807, 2.05) is 47.8 Å². The van der Waals surface area contributed by atoms with Gasteiger partial charge in [0.1, 0.15) is 11.2 Å². The van der Waals surface area contributed by atoms with E-state index in [1.54, 1.807) is 41.9 Å². The molecule has 1 amide bonds. The van der Waals surface area contributed by atoms with Crippen LogP contribution in [0.3, 0.4) is 0 Å². The number of carbonyl (C=O) groups excluding carboxylic acids is 1. The van der Waals surface area contributed by atoms with E-state index in [9.17, 15) is 4.79 Å². The second-order valence-electron chi connectivity index (χ2n) is 6.62. The monoisotopic (exact) mass is 412 g/mol. The van der Waals surface area contributed by atoms with Crippen LogP contribution >= 0.6 is 11.3 Å². The number of thiophene rings is 1. The molecule has 0 spiro atoms. The van der Waals surface area contributed by atoms with Crippen molar-refractivity contribution in [1.82, 2.24) is 20.4 Å². The topological polar surface area (TPSA) is 80.9 Å². The number of fused-ring (bicyclic) bond motifs is 1. The molecule has 3 heterocycles. The first-order valence-electron chi connectivity index (χ1n) is 9.36. The average Bonchev–Trinajstić information content (AvgIpc) is 3.48. The molecule has 0 aliphatic rings. The molecular weight excluding hydrogens is 396 g/mol. The van der Waals surface area contributed by atoms with Crippen LogP contribution in [0.2, 0.25) is 0 Å². The molecule has 6 nitrogen and oxygen atoms in total. The first kappa shape index (κ1) is 18.2. The molecule has 0 atom stereocenters. The van der Waals surface area contributed by atoms with E-state index in [4.69, 9.17) is 4.52 Å². The number of carbonyl (C=O) groups is 1. The van der Waals surface area contributed by atoms with Crippen molar-refractivity contribution >= 4 is 28.1 Å². The van der Waals surface area contributed by atoms with E-state index in [2.05, 4.69) is 20.4 Å². The van der Waals surface area contributed by atoms with Gasteiger partial charge in [-0.15, -0.1) is 11.3 Å². The van der Waals surface area contributed by atoms with Crippen LogP contribution in [0.5, 0.6) is 0 Å². The zero-order valence-corrected chi connectivity index (χ0v) is 16.6. The molecule has 5 aromatic rings. The van der Waals surface area contributed by atoms with Crippen molar-refractivity contribution in [1.29, 1.82) is 0 Å². The molecule has 0 unspecified atom stereocenters. The van der Waals surface area contributed by atoms with Gasteiger partial charge < -0.3 is 9.84 Å². The lowest BCUT2D eigenvalue weighted by atomic mass is 10.1. The van der Waals surface area contributed by atoms with E-state index in [1.165, 1.54) is 0 Å². The van der Waals surface area contributed by atoms with Crippen molar-refractivity contribution in [3.05, 3.63) is 89.7 Å². The molecule has 7 heteroatoms. The van der Waals surface area contributed by atoms with Crippen molar-refractivity contribution in [2.24, 2.45) is 0 Å². The summed E-state index contributed by atoms with van der Waals surface area (Å²) in [6.45, 7) is 0.285. The van der Waals surface area contributed by atoms with Crippen LogP contribution in [0.25, 0.3) is 32.8 Å². The Balaban J connectivity index is 1.40. The Labute approximate surface area is 176 Å². The summed E-state index contributed by atoms with van der Waals surface area (Å²) in [6, 6.07) is 19.0. The average molecular weight is 412 g/mol. The zero-order valence-electron chi connectivity index (χ0n) is 15.8. The van der Waals surface area contributed by atoms with Crippen LogP contribution < -0.4 is 5.32 Å². The maximum Gasteiger partial charge on any atom is 0.251 e. The van der Waals surface area contributed by atoms with Crippen LogP contribution in [0.4, 0.5) is 0 Å². The van der Waals surface area contributed by atoms with Gasteiger partial charge in [0.25, 0.3) is 5.91 Å². The molecule has 3 aromatic heterocycles. The number of nitrogens with one attached hydrogen (secondary N) is 1. The van der Waals surface area contributed by atoms with Crippen LogP contribution in [0, 0.1) is 0 Å². The third-order valence-electron chi connectivity index (χ3n) is 4.72. The summed E-state index contributed by atoms with van der Waals surface area (Å²) >= 11 is 1.59. The van der Waals surface area contributed by atoms with E-state index in [-0.39, 0.29) is 12.5 Å². The zero-order chi connectivity index (χ0) is 20.3. The smallest absolute Gasteiger partial charge is 0.251 e. The van der Waals surface area contributed by atoms with Gasteiger partial charge in [-0.1, -0.05) is 41.6 Å². The fourth-order valence-electron chi connectivity index (χ4n) is 3.26. The minimum absolute atomic E-state index is 0.195. The van der Waals surface area contributed by atoms with Crippen molar-refractivity contribution in [2.45, 2.75) is 6.54 Å². The molecule has 146 valence electrons. The number of hydrogen-bond donors (Lipinski definition) is 1. The molecule has 0 bridgehead atoms. The van der Waals surface area contributed by atoms with E-state index >= 15 is 0 Å². The third-order valence-corrected chi connectivity index (χ3v) is 5.60. The molecule has 1 N–H and O–H groups in total. The molecule has 0 radical (unpaired) electrons. The molecule has 0 saturated heterocycles. The minimum atomic E-state index is -0.195. The highest BCUT2D eigenvalue weighted by molar-refractivity contribution is 7.13. The summed E-state index contributed by atoms with van der Waals surface area (Å²) in [6.07, 6.45) is 3.29. The first-order valence-corrected chi connectivity index (χ1v) is 10.2. The van der Waals surface area contributed by atoms with Crippen molar-refractivity contribution in [3.8, 4) is 21.9 Å². The number of nitrogens with zero attached hydrogens (tertiary/aromatic N) is 3. The molecule has 0 fully saturated rings. The maximum absolute atomic E-state index is 12.8. The van der Waals surface area contributed by atoms with Crippen molar-refractivity contribution < 1.29 is 9.32 Å². The van der Waals surface area contributed by atoms with Crippen LogP contribution in [-0.2, 0) is 6.54 Å². The largest absolute Gasteiger partial charge is 0.355 e. The highest BCUT2D eigenvalue weighted by atomic mass is 32.1. The number of benzene rings is 2. The molecule has 30 heavy (non-hydrogen) atoms. The number of aromatic nitrogens is 3. The lowest BCUT2D eigenvalue weighted by Crippen LogP contribution is -2.23. The minimum Gasteiger partial charge on any atom is -0.355 e. The quantitative estimate of drug-likeness (QED) is 0.442. The van der Waals surface area contributed by atoms with Gasteiger partial charge in [-0.25, -0.2) is 0 Å².